The van der Waals surface area contributed by atoms with Crippen molar-refractivity contribution in [3.05, 3.63) is 59.4 Å². The van der Waals surface area contributed by atoms with Gasteiger partial charge < -0.3 is 9.80 Å². The summed E-state index contributed by atoms with van der Waals surface area (Å²) < 4.78 is 2.09. The summed E-state index contributed by atoms with van der Waals surface area (Å²) in [5.41, 5.74) is 3.20. The van der Waals surface area contributed by atoms with Crippen LogP contribution in [-0.2, 0) is 26.3 Å². The standard InChI is InChI=1S/C34H38N6O4/c1-33(9-17-38(18-10-33)32(44)34-11-14-37(15-12-34)16-13-34)39-21-22(20-35-39)19-23-5-6-26-29-24(23)3-2-4-25(29)31(43)40(26)27-7-8-28(41)36-30(27)42/h2-6,20-21,27H,7-19H2,1H3,(H,36,41,42). The van der Waals surface area contributed by atoms with E-state index in [1.165, 1.54) is 0 Å². The molecule has 0 spiro atoms. The summed E-state index contributed by atoms with van der Waals surface area (Å²) in [6.45, 7) is 6.95. The van der Waals surface area contributed by atoms with Gasteiger partial charge in [-0.05, 0) is 93.7 Å². The van der Waals surface area contributed by atoms with Crippen molar-refractivity contribution in [1.82, 2.24) is 24.9 Å². The third-order valence-electron chi connectivity index (χ3n) is 11.2. The first-order chi connectivity index (χ1) is 21.2. The van der Waals surface area contributed by atoms with Gasteiger partial charge in [0.1, 0.15) is 6.04 Å². The highest BCUT2D eigenvalue weighted by Crippen LogP contribution is 2.44. The molecule has 0 radical (unpaired) electrons. The first-order valence-corrected chi connectivity index (χ1v) is 16.0. The Morgan fingerprint density at radius 2 is 1.73 bits per heavy atom. The number of imide groups is 1. The molecule has 5 fully saturated rings. The summed E-state index contributed by atoms with van der Waals surface area (Å²) in [4.78, 5) is 57.7. The van der Waals surface area contributed by atoms with Crippen molar-refractivity contribution in [3.63, 3.8) is 0 Å². The van der Waals surface area contributed by atoms with Gasteiger partial charge in [0.15, 0.2) is 0 Å². The molecular formula is C34H38N6O4. The molecule has 9 rings (SSSR count). The monoisotopic (exact) mass is 594 g/mol. The van der Waals surface area contributed by atoms with Gasteiger partial charge in [0.2, 0.25) is 17.7 Å². The first kappa shape index (κ1) is 27.5. The Morgan fingerprint density at radius 3 is 2.45 bits per heavy atom. The van der Waals surface area contributed by atoms with Crippen molar-refractivity contribution in [2.45, 2.75) is 69.9 Å². The highest BCUT2D eigenvalue weighted by molar-refractivity contribution is 6.27. The predicted octanol–water partition coefficient (Wildman–Crippen LogP) is 3.22. The number of rotatable bonds is 5. The Balaban J connectivity index is 0.997. The van der Waals surface area contributed by atoms with Gasteiger partial charge in [0.25, 0.3) is 5.91 Å². The number of amides is 4. The van der Waals surface area contributed by atoms with E-state index in [4.69, 9.17) is 5.10 Å². The Bertz CT molecular complexity index is 1700. The maximum Gasteiger partial charge on any atom is 0.259 e. The van der Waals surface area contributed by atoms with Gasteiger partial charge in [-0.1, -0.05) is 18.2 Å². The van der Waals surface area contributed by atoms with Gasteiger partial charge in [-0.2, -0.15) is 5.10 Å². The lowest BCUT2D eigenvalue weighted by atomic mass is 9.70. The van der Waals surface area contributed by atoms with E-state index < -0.39 is 11.9 Å². The van der Waals surface area contributed by atoms with Crippen LogP contribution in [-0.4, -0.2) is 82.0 Å². The topological polar surface area (TPSA) is 108 Å². The van der Waals surface area contributed by atoms with Gasteiger partial charge in [-0.3, -0.25) is 34.1 Å². The van der Waals surface area contributed by atoms with Crippen molar-refractivity contribution in [2.75, 3.05) is 37.6 Å². The molecule has 2 bridgehead atoms. The van der Waals surface area contributed by atoms with Gasteiger partial charge in [-0.15, -0.1) is 0 Å². The van der Waals surface area contributed by atoms with Crippen LogP contribution in [0.3, 0.4) is 0 Å². The number of nitrogens with zero attached hydrogens (tertiary/aromatic N) is 5. The summed E-state index contributed by atoms with van der Waals surface area (Å²) in [6, 6.07) is 9.02. The average Bonchev–Trinajstić information content (AvgIpc) is 3.63. The normalized spacial score (nSPS) is 27.7. The fourth-order valence-electron chi connectivity index (χ4n) is 8.33. The number of hydrogen-bond donors (Lipinski definition) is 1. The van der Waals surface area contributed by atoms with Crippen LogP contribution in [0.1, 0.15) is 73.4 Å². The van der Waals surface area contributed by atoms with Crippen molar-refractivity contribution in [1.29, 1.82) is 0 Å². The molecule has 1 atom stereocenters. The number of likely N-dealkylation sites (tertiary alicyclic amines) is 1. The van der Waals surface area contributed by atoms with E-state index in [1.807, 2.05) is 36.5 Å². The zero-order valence-electron chi connectivity index (χ0n) is 25.2. The van der Waals surface area contributed by atoms with Gasteiger partial charge in [0, 0.05) is 43.1 Å². The first-order valence-electron chi connectivity index (χ1n) is 16.0. The third kappa shape index (κ3) is 4.21. The summed E-state index contributed by atoms with van der Waals surface area (Å²) in [5.74, 6) is -0.540. The number of piperidine rings is 5. The van der Waals surface area contributed by atoms with Crippen molar-refractivity contribution < 1.29 is 19.2 Å². The third-order valence-corrected chi connectivity index (χ3v) is 11.2. The SMILES string of the molecule is CC1(n2cc(Cc3ccc4c5c(cccc35)C(=O)N4C3CCC(=O)NC3=O)cn2)CCN(C(=O)C23CCN(CC2)CC3)CC1. The molecule has 1 unspecified atom stereocenters. The van der Waals surface area contributed by atoms with Gasteiger partial charge >= 0.3 is 0 Å². The molecule has 4 amide bonds. The van der Waals surface area contributed by atoms with Gasteiger partial charge in [0.05, 0.1) is 22.8 Å². The molecule has 3 aromatic rings. The second-order valence-electron chi connectivity index (χ2n) is 13.7. The van der Waals surface area contributed by atoms with Crippen LogP contribution in [0.15, 0.2) is 42.7 Å². The molecule has 10 nitrogen and oxygen atoms in total. The second-order valence-corrected chi connectivity index (χ2v) is 13.7. The molecule has 1 N–H and O–H groups in total. The van der Waals surface area contributed by atoms with E-state index in [-0.39, 0.29) is 29.2 Å². The highest BCUT2D eigenvalue weighted by Gasteiger charge is 2.48. The van der Waals surface area contributed by atoms with Crippen LogP contribution in [0.2, 0.25) is 0 Å². The zero-order valence-corrected chi connectivity index (χ0v) is 25.2. The van der Waals surface area contributed by atoms with Crippen LogP contribution in [0.25, 0.3) is 10.8 Å². The van der Waals surface area contributed by atoms with E-state index in [2.05, 4.69) is 32.9 Å². The predicted molar refractivity (Wildman–Crippen MR) is 164 cm³/mol. The lowest BCUT2D eigenvalue weighted by Gasteiger charge is -2.50. The number of anilines is 1. The number of carbonyl (C=O) groups excluding carboxylic acids is 4. The minimum atomic E-state index is -0.697. The summed E-state index contributed by atoms with van der Waals surface area (Å²) in [6.07, 6.45) is 10.0. The minimum absolute atomic E-state index is 0.134. The average molecular weight is 595 g/mol. The van der Waals surface area contributed by atoms with Crippen LogP contribution in [0, 0.1) is 5.41 Å². The molecule has 2 aromatic carbocycles. The fourth-order valence-corrected chi connectivity index (χ4v) is 8.33. The molecule has 0 aliphatic carbocycles. The van der Waals surface area contributed by atoms with Crippen LogP contribution >= 0.6 is 0 Å². The number of nitrogens with one attached hydrogen (secondary N) is 1. The van der Waals surface area contributed by atoms with E-state index in [9.17, 15) is 19.2 Å². The van der Waals surface area contributed by atoms with E-state index >= 15 is 0 Å². The summed E-state index contributed by atoms with van der Waals surface area (Å²) in [5, 5.41) is 9.04. The number of aromatic nitrogens is 2. The zero-order chi connectivity index (χ0) is 30.2. The van der Waals surface area contributed by atoms with Crippen LogP contribution < -0.4 is 10.2 Å². The van der Waals surface area contributed by atoms with Crippen LogP contribution in [0.4, 0.5) is 5.69 Å². The Kier molecular flexibility index (Phi) is 6.24. The molecule has 10 heteroatoms. The lowest BCUT2D eigenvalue weighted by Crippen LogP contribution is -2.58. The molecule has 5 saturated heterocycles. The summed E-state index contributed by atoms with van der Waals surface area (Å²) >= 11 is 0. The number of carbonyl (C=O) groups is 4. The number of fused-ring (bicyclic) bond motifs is 3. The van der Waals surface area contributed by atoms with E-state index in [0.29, 0.717) is 24.3 Å². The fraction of sp³-hybridized carbons (Fsp3) is 0.500. The molecule has 7 heterocycles. The largest absolute Gasteiger partial charge is 0.342 e. The maximum absolute atomic E-state index is 13.6. The maximum atomic E-state index is 13.6. The van der Waals surface area contributed by atoms with Crippen LogP contribution in [0.5, 0.6) is 0 Å². The van der Waals surface area contributed by atoms with Crippen molar-refractivity contribution in [2.24, 2.45) is 5.41 Å². The molecule has 6 aliphatic heterocycles. The molecule has 1 aromatic heterocycles. The lowest BCUT2D eigenvalue weighted by molar-refractivity contribution is -0.152. The highest BCUT2D eigenvalue weighted by atomic mass is 16.2. The van der Waals surface area contributed by atoms with Crippen molar-refractivity contribution in [3.8, 4) is 0 Å². The molecule has 228 valence electrons. The number of hydrogen-bond acceptors (Lipinski definition) is 6. The Labute approximate surface area is 256 Å². The quantitative estimate of drug-likeness (QED) is 0.455. The Hall–Kier alpha value is -4.05. The molecule has 6 aliphatic rings. The van der Waals surface area contributed by atoms with E-state index in [1.54, 1.807) is 4.90 Å². The Morgan fingerprint density at radius 1 is 0.977 bits per heavy atom. The molecular weight excluding hydrogens is 556 g/mol. The molecule has 0 saturated carbocycles. The minimum Gasteiger partial charge on any atom is -0.342 e. The second kappa shape index (κ2) is 9.99. The molecule has 44 heavy (non-hydrogen) atoms. The van der Waals surface area contributed by atoms with E-state index in [0.717, 1.165) is 92.4 Å². The summed E-state index contributed by atoms with van der Waals surface area (Å²) in [7, 11) is 0. The smallest absolute Gasteiger partial charge is 0.259 e. The number of benzene rings is 2. The van der Waals surface area contributed by atoms with Crippen molar-refractivity contribution >= 4 is 40.1 Å². The van der Waals surface area contributed by atoms with Gasteiger partial charge in [-0.25, -0.2) is 0 Å².